The lowest BCUT2D eigenvalue weighted by Crippen LogP contribution is -2.12. The molecule has 4 aromatic rings. The van der Waals surface area contributed by atoms with Crippen molar-refractivity contribution in [3.8, 4) is 22.9 Å². The van der Waals surface area contributed by atoms with Crippen molar-refractivity contribution in [2.75, 3.05) is 20.3 Å². The van der Waals surface area contributed by atoms with Crippen LogP contribution in [0.2, 0.25) is 0 Å². The lowest BCUT2D eigenvalue weighted by atomic mass is 10.1. The Hall–Kier alpha value is -2.84. The molecule has 0 fully saturated rings. The predicted octanol–water partition coefficient (Wildman–Crippen LogP) is 6.88. The maximum atomic E-state index is 11.9. The number of carbonyl (C=O) groups excluding carboxylic acids is 1. The van der Waals surface area contributed by atoms with E-state index in [9.17, 15) is 4.79 Å². The number of rotatable bonds is 9. The van der Waals surface area contributed by atoms with Crippen LogP contribution in [0, 0.1) is 0 Å². The zero-order valence-electron chi connectivity index (χ0n) is 18.9. The summed E-state index contributed by atoms with van der Waals surface area (Å²) in [4.78, 5) is 11.9. The van der Waals surface area contributed by atoms with Gasteiger partial charge in [0, 0.05) is 16.1 Å². The first kappa shape index (κ1) is 24.3. The number of hydrogen-bond acceptors (Lipinski definition) is 5. The number of esters is 1. The molecule has 0 aliphatic heterocycles. The van der Waals surface area contributed by atoms with Crippen molar-refractivity contribution < 1.29 is 19.0 Å². The summed E-state index contributed by atoms with van der Waals surface area (Å²) in [5.41, 5.74) is 2.00. The Morgan fingerprint density at radius 3 is 2.65 bits per heavy atom. The second kappa shape index (κ2) is 11.1. The van der Waals surface area contributed by atoms with Crippen molar-refractivity contribution in [1.82, 2.24) is 9.78 Å². The van der Waals surface area contributed by atoms with Gasteiger partial charge in [-0.1, -0.05) is 47.1 Å². The summed E-state index contributed by atoms with van der Waals surface area (Å²) in [6, 6.07) is 19.2. The predicted molar refractivity (Wildman–Crippen MR) is 140 cm³/mol. The minimum atomic E-state index is -0.384. The van der Waals surface area contributed by atoms with Crippen molar-refractivity contribution in [1.29, 1.82) is 0 Å². The third-order valence-electron chi connectivity index (χ3n) is 5.22. The van der Waals surface area contributed by atoms with Crippen LogP contribution in [0.25, 0.3) is 22.0 Å². The fraction of sp³-hybridized carbons (Fsp3) is 0.231. The topological polar surface area (TPSA) is 62.6 Å². The number of hydrogen-bond donors (Lipinski definition) is 0. The van der Waals surface area contributed by atoms with Gasteiger partial charge >= 0.3 is 5.97 Å². The minimum absolute atomic E-state index is 0.384. The molecule has 0 aliphatic rings. The maximum absolute atomic E-state index is 11.9. The van der Waals surface area contributed by atoms with Crippen LogP contribution in [0.1, 0.15) is 23.7 Å². The zero-order valence-corrected chi connectivity index (χ0v) is 22.1. The van der Waals surface area contributed by atoms with Gasteiger partial charge in [-0.25, -0.2) is 9.48 Å². The van der Waals surface area contributed by atoms with Gasteiger partial charge in [0.05, 0.1) is 36.0 Å². The van der Waals surface area contributed by atoms with Gasteiger partial charge in [-0.3, -0.25) is 0 Å². The maximum Gasteiger partial charge on any atom is 0.337 e. The summed E-state index contributed by atoms with van der Waals surface area (Å²) in [6.45, 7) is 3.55. The van der Waals surface area contributed by atoms with Crippen LogP contribution >= 0.6 is 31.9 Å². The van der Waals surface area contributed by atoms with Gasteiger partial charge in [0.25, 0.3) is 0 Å². The molecule has 0 unspecified atom stereocenters. The van der Waals surface area contributed by atoms with Gasteiger partial charge in [0.1, 0.15) is 12.4 Å². The minimum Gasteiger partial charge on any atom is -0.490 e. The molecule has 4 rings (SSSR count). The highest BCUT2D eigenvalue weighted by Crippen LogP contribution is 2.34. The van der Waals surface area contributed by atoms with Crippen molar-refractivity contribution in [2.45, 2.75) is 19.9 Å². The van der Waals surface area contributed by atoms with Crippen molar-refractivity contribution in [3.63, 3.8) is 0 Å². The molecule has 6 nitrogen and oxygen atoms in total. The van der Waals surface area contributed by atoms with Crippen LogP contribution in [0.3, 0.4) is 0 Å². The molecule has 0 saturated heterocycles. The van der Waals surface area contributed by atoms with E-state index in [4.69, 9.17) is 19.3 Å². The Balaban J connectivity index is 1.53. The first-order valence-corrected chi connectivity index (χ1v) is 12.5. The van der Waals surface area contributed by atoms with Gasteiger partial charge in [-0.2, -0.15) is 5.10 Å². The molecule has 3 aromatic carbocycles. The molecular weight excluding hydrogens is 564 g/mol. The third kappa shape index (κ3) is 5.45. The third-order valence-corrected chi connectivity index (χ3v) is 6.53. The number of ether oxygens (including phenoxy) is 3. The molecule has 0 N–H and O–H groups in total. The van der Waals surface area contributed by atoms with Gasteiger partial charge in [-0.15, -0.1) is 0 Å². The Bertz CT molecular complexity index is 1320. The highest BCUT2D eigenvalue weighted by Gasteiger charge is 2.14. The van der Waals surface area contributed by atoms with Gasteiger partial charge < -0.3 is 14.2 Å². The Morgan fingerprint density at radius 1 is 1.00 bits per heavy atom. The molecular formula is C26H24Br2N2O4. The molecule has 0 aliphatic carbocycles. The quantitative estimate of drug-likeness (QED) is 0.200. The van der Waals surface area contributed by atoms with E-state index in [2.05, 4.69) is 50.9 Å². The second-order valence-corrected chi connectivity index (χ2v) is 9.31. The van der Waals surface area contributed by atoms with E-state index < -0.39 is 0 Å². The van der Waals surface area contributed by atoms with Gasteiger partial charge in [-0.05, 0) is 63.5 Å². The van der Waals surface area contributed by atoms with E-state index in [-0.39, 0.29) is 5.97 Å². The van der Waals surface area contributed by atoms with E-state index in [1.165, 1.54) is 7.11 Å². The summed E-state index contributed by atoms with van der Waals surface area (Å²) < 4.78 is 20.6. The summed E-state index contributed by atoms with van der Waals surface area (Å²) in [6.07, 6.45) is 0.884. The summed E-state index contributed by atoms with van der Waals surface area (Å²) in [5.74, 6) is 1.04. The summed E-state index contributed by atoms with van der Waals surface area (Å²) in [5, 5.41) is 6.92. The number of halogens is 2. The van der Waals surface area contributed by atoms with Crippen molar-refractivity contribution in [2.24, 2.45) is 0 Å². The van der Waals surface area contributed by atoms with E-state index in [0.717, 1.165) is 37.5 Å². The lowest BCUT2D eigenvalue weighted by molar-refractivity contribution is 0.0601. The lowest BCUT2D eigenvalue weighted by Gasteiger charge is -2.12. The molecule has 8 heteroatoms. The SMILES string of the molecule is CCCOc1cc(-c2cccc(C(=O)OC)c2)nn1CCOc1ccc2cc(Br)ccc2c1Br. The summed E-state index contributed by atoms with van der Waals surface area (Å²) >= 11 is 7.19. The average molecular weight is 588 g/mol. The van der Waals surface area contributed by atoms with Gasteiger partial charge in [0.15, 0.2) is 0 Å². The number of aromatic nitrogens is 2. The van der Waals surface area contributed by atoms with E-state index >= 15 is 0 Å². The largest absolute Gasteiger partial charge is 0.490 e. The highest BCUT2D eigenvalue weighted by atomic mass is 79.9. The molecule has 0 bridgehead atoms. The fourth-order valence-electron chi connectivity index (χ4n) is 3.54. The fourth-order valence-corrected chi connectivity index (χ4v) is 4.53. The van der Waals surface area contributed by atoms with Crippen LogP contribution in [-0.2, 0) is 11.3 Å². The summed E-state index contributed by atoms with van der Waals surface area (Å²) in [7, 11) is 1.37. The van der Waals surface area contributed by atoms with Crippen LogP contribution in [0.15, 0.2) is 69.6 Å². The van der Waals surface area contributed by atoms with E-state index in [1.54, 1.807) is 16.8 Å². The standard InChI is InChI=1S/C26H24Br2N2O4/c1-3-12-34-24-16-22(18-5-4-6-19(14-18)26(31)32-2)29-30(24)11-13-33-23-10-7-17-15-20(27)8-9-21(17)25(23)28/h4-10,14-16H,3,11-13H2,1-2H3. The second-order valence-electron chi connectivity index (χ2n) is 7.60. The highest BCUT2D eigenvalue weighted by molar-refractivity contribution is 9.11. The Labute approximate surface area is 215 Å². The van der Waals surface area contributed by atoms with Gasteiger partial charge in [0.2, 0.25) is 5.88 Å². The Morgan fingerprint density at radius 2 is 1.85 bits per heavy atom. The van der Waals surface area contributed by atoms with Crippen LogP contribution < -0.4 is 9.47 Å². The number of benzene rings is 3. The van der Waals surface area contributed by atoms with Crippen LogP contribution in [0.5, 0.6) is 11.6 Å². The molecule has 176 valence electrons. The van der Waals surface area contributed by atoms with Crippen molar-refractivity contribution >= 4 is 48.6 Å². The first-order valence-electron chi connectivity index (χ1n) is 10.9. The van der Waals surface area contributed by atoms with E-state index in [0.29, 0.717) is 36.9 Å². The Kier molecular flexibility index (Phi) is 7.90. The number of fused-ring (bicyclic) bond motifs is 1. The molecule has 0 saturated carbocycles. The smallest absolute Gasteiger partial charge is 0.337 e. The van der Waals surface area contributed by atoms with Crippen molar-refractivity contribution in [3.05, 3.63) is 75.2 Å². The molecule has 1 heterocycles. The molecule has 34 heavy (non-hydrogen) atoms. The molecule has 1 aromatic heterocycles. The molecule has 0 amide bonds. The number of methoxy groups -OCH3 is 1. The molecule has 0 radical (unpaired) electrons. The molecule has 0 atom stereocenters. The zero-order chi connectivity index (χ0) is 24.1. The number of carbonyl (C=O) groups is 1. The number of nitrogens with zero attached hydrogens (tertiary/aromatic N) is 2. The van der Waals surface area contributed by atoms with Crippen LogP contribution in [-0.4, -0.2) is 36.1 Å². The van der Waals surface area contributed by atoms with Crippen LogP contribution in [0.4, 0.5) is 0 Å². The molecule has 0 spiro atoms. The first-order chi connectivity index (χ1) is 16.5. The normalized spacial score (nSPS) is 10.9. The van der Waals surface area contributed by atoms with E-state index in [1.807, 2.05) is 36.4 Å². The average Bonchev–Trinajstić information content (AvgIpc) is 3.26. The monoisotopic (exact) mass is 586 g/mol.